The number of halogens is 3. The third kappa shape index (κ3) is 4.62. The minimum absolute atomic E-state index is 0.00137. The van der Waals surface area contributed by atoms with Crippen LogP contribution in [0.3, 0.4) is 0 Å². The average molecular weight is 448 g/mol. The summed E-state index contributed by atoms with van der Waals surface area (Å²) in [4.78, 5) is 30.9. The van der Waals surface area contributed by atoms with Crippen molar-refractivity contribution in [2.75, 3.05) is 13.6 Å². The number of carbonyl (C=O) groups excluding carboxylic acids is 2. The Labute approximate surface area is 185 Å². The number of aromatic nitrogens is 1. The molecule has 1 aliphatic heterocycles. The van der Waals surface area contributed by atoms with Crippen LogP contribution in [0.4, 0.5) is 13.2 Å². The maximum atomic E-state index is 13.3. The molecule has 2 amide bonds. The summed E-state index contributed by atoms with van der Waals surface area (Å²) in [5.74, 6) is -0.839. The highest BCUT2D eigenvalue weighted by Gasteiger charge is 2.42. The van der Waals surface area contributed by atoms with Crippen LogP contribution in [0.1, 0.15) is 60.0 Å². The van der Waals surface area contributed by atoms with Crippen molar-refractivity contribution in [3.63, 3.8) is 0 Å². The van der Waals surface area contributed by atoms with E-state index in [1.54, 1.807) is 31.0 Å². The van der Waals surface area contributed by atoms with Gasteiger partial charge in [-0.2, -0.15) is 13.2 Å². The molecule has 172 valence electrons. The van der Waals surface area contributed by atoms with Gasteiger partial charge in [0.25, 0.3) is 0 Å². The minimum atomic E-state index is -4.56. The topological polar surface area (TPSA) is 88.3 Å². The van der Waals surface area contributed by atoms with Crippen molar-refractivity contribution in [2.45, 2.75) is 51.4 Å². The van der Waals surface area contributed by atoms with Crippen LogP contribution in [0.25, 0.3) is 11.1 Å². The largest absolute Gasteiger partial charge is 0.416 e. The molecule has 1 aromatic heterocycles. The fourth-order valence-electron chi connectivity index (χ4n) is 4.12. The van der Waals surface area contributed by atoms with Gasteiger partial charge in [0.1, 0.15) is 0 Å². The number of carbonyl (C=O) groups is 2. The smallest absolute Gasteiger partial charge is 0.366 e. The molecule has 2 heterocycles. The lowest BCUT2D eigenvalue weighted by atomic mass is 9.95. The second kappa shape index (κ2) is 8.54. The van der Waals surface area contributed by atoms with Gasteiger partial charge in [0.2, 0.25) is 11.8 Å². The summed E-state index contributed by atoms with van der Waals surface area (Å²) < 4.78 is 39.9. The molecule has 32 heavy (non-hydrogen) atoms. The number of nitrogens with two attached hydrogens (primary N) is 1. The van der Waals surface area contributed by atoms with E-state index in [4.69, 9.17) is 5.73 Å². The number of nitrogens with zero attached hydrogens (tertiary/aromatic N) is 2. The van der Waals surface area contributed by atoms with E-state index < -0.39 is 23.2 Å². The van der Waals surface area contributed by atoms with Gasteiger partial charge < -0.3 is 10.6 Å². The predicted molar refractivity (Wildman–Crippen MR) is 115 cm³/mol. The summed E-state index contributed by atoms with van der Waals surface area (Å²) in [6, 6.07) is 5.90. The molecule has 0 saturated carbocycles. The number of primary amides is 1. The van der Waals surface area contributed by atoms with Crippen molar-refractivity contribution in [3.05, 3.63) is 52.8 Å². The van der Waals surface area contributed by atoms with E-state index in [9.17, 15) is 22.8 Å². The molecule has 2 atom stereocenters. The Morgan fingerprint density at radius 3 is 2.56 bits per heavy atom. The van der Waals surface area contributed by atoms with Crippen LogP contribution in [-0.4, -0.2) is 40.8 Å². The molecule has 0 radical (unpaired) electrons. The first-order valence-electron chi connectivity index (χ1n) is 10.4. The lowest BCUT2D eigenvalue weighted by Crippen LogP contribution is -2.52. The van der Waals surface area contributed by atoms with E-state index >= 15 is 0 Å². The Morgan fingerprint density at radius 2 is 1.97 bits per heavy atom. The van der Waals surface area contributed by atoms with Crippen LogP contribution in [0.5, 0.6) is 0 Å². The normalized spacial score (nSPS) is 20.9. The lowest BCUT2D eigenvalue weighted by Gasteiger charge is -2.29. The predicted octanol–water partition coefficient (Wildman–Crippen LogP) is 3.84. The van der Waals surface area contributed by atoms with Gasteiger partial charge in [-0.3, -0.25) is 19.9 Å². The SMILES string of the molecule is CCN(C)C(=O)[C@@]1(C)CC[C@@H](c2cc(-c3cc(C(F)(F)F)ccc3C(N)=O)cc(C)n2)N1. The van der Waals surface area contributed by atoms with E-state index in [2.05, 4.69) is 10.3 Å². The first-order chi connectivity index (χ1) is 14.9. The van der Waals surface area contributed by atoms with Crippen LogP contribution in [0.15, 0.2) is 30.3 Å². The zero-order valence-electron chi connectivity index (χ0n) is 18.5. The number of aryl methyl sites for hydroxylation is 1. The van der Waals surface area contributed by atoms with Crippen molar-refractivity contribution < 1.29 is 22.8 Å². The van der Waals surface area contributed by atoms with E-state index in [1.165, 1.54) is 0 Å². The Balaban J connectivity index is 2.02. The fourth-order valence-corrected chi connectivity index (χ4v) is 4.12. The van der Waals surface area contributed by atoms with Gasteiger partial charge in [0.15, 0.2) is 0 Å². The number of hydrogen-bond acceptors (Lipinski definition) is 4. The molecule has 9 heteroatoms. The Morgan fingerprint density at radius 1 is 1.28 bits per heavy atom. The summed E-state index contributed by atoms with van der Waals surface area (Å²) in [5, 5.41) is 3.35. The maximum Gasteiger partial charge on any atom is 0.416 e. The summed E-state index contributed by atoms with van der Waals surface area (Å²) in [7, 11) is 1.74. The number of likely N-dealkylation sites (N-methyl/N-ethyl adjacent to an activating group) is 1. The number of benzene rings is 1. The molecule has 2 aromatic rings. The van der Waals surface area contributed by atoms with E-state index in [0.717, 1.165) is 18.2 Å². The minimum Gasteiger partial charge on any atom is -0.366 e. The molecule has 0 bridgehead atoms. The molecule has 6 nitrogen and oxygen atoms in total. The zero-order chi connectivity index (χ0) is 23.8. The summed E-state index contributed by atoms with van der Waals surface area (Å²) in [6.45, 7) is 6.05. The van der Waals surface area contributed by atoms with Gasteiger partial charge >= 0.3 is 6.18 Å². The molecule has 3 N–H and O–H groups in total. The van der Waals surface area contributed by atoms with Gasteiger partial charge in [-0.1, -0.05) is 0 Å². The number of hydrogen-bond donors (Lipinski definition) is 2. The van der Waals surface area contributed by atoms with E-state index in [1.807, 2.05) is 13.8 Å². The molecule has 1 fully saturated rings. The molecule has 1 aliphatic rings. The molecule has 0 aliphatic carbocycles. The van der Waals surface area contributed by atoms with Crippen molar-refractivity contribution in [3.8, 4) is 11.1 Å². The van der Waals surface area contributed by atoms with Gasteiger partial charge in [0.05, 0.1) is 22.8 Å². The van der Waals surface area contributed by atoms with Gasteiger partial charge in [0, 0.05) is 24.8 Å². The Kier molecular flexibility index (Phi) is 6.33. The maximum absolute atomic E-state index is 13.3. The molecule has 0 spiro atoms. The summed E-state index contributed by atoms with van der Waals surface area (Å²) in [6.07, 6.45) is -3.32. The van der Waals surface area contributed by atoms with Gasteiger partial charge in [-0.25, -0.2) is 0 Å². The summed E-state index contributed by atoms with van der Waals surface area (Å²) in [5.41, 5.74) is 5.50. The average Bonchev–Trinajstić information content (AvgIpc) is 3.14. The van der Waals surface area contributed by atoms with Crippen LogP contribution >= 0.6 is 0 Å². The number of pyridine rings is 1. The van der Waals surface area contributed by atoms with Crippen LogP contribution in [0.2, 0.25) is 0 Å². The molecule has 3 rings (SSSR count). The van der Waals surface area contributed by atoms with Crippen LogP contribution in [-0.2, 0) is 11.0 Å². The molecule has 0 unspecified atom stereocenters. The molecule has 1 aromatic carbocycles. The second-order valence-electron chi connectivity index (χ2n) is 8.43. The van der Waals surface area contributed by atoms with Crippen molar-refractivity contribution in [1.29, 1.82) is 0 Å². The van der Waals surface area contributed by atoms with Crippen molar-refractivity contribution in [2.24, 2.45) is 5.73 Å². The Hall–Kier alpha value is -2.94. The fraction of sp³-hybridized carbons (Fsp3) is 0.435. The first-order valence-corrected chi connectivity index (χ1v) is 10.4. The van der Waals surface area contributed by atoms with E-state index in [0.29, 0.717) is 36.3 Å². The number of alkyl halides is 3. The summed E-state index contributed by atoms with van der Waals surface area (Å²) >= 11 is 0. The third-order valence-corrected chi connectivity index (χ3v) is 5.97. The number of amides is 2. The molecular weight excluding hydrogens is 421 g/mol. The Bertz CT molecular complexity index is 1050. The van der Waals surface area contributed by atoms with Crippen LogP contribution in [0, 0.1) is 6.92 Å². The van der Waals surface area contributed by atoms with Crippen molar-refractivity contribution in [1.82, 2.24) is 15.2 Å². The highest BCUT2D eigenvalue weighted by atomic mass is 19.4. The highest BCUT2D eigenvalue weighted by Crippen LogP contribution is 2.37. The zero-order valence-corrected chi connectivity index (χ0v) is 18.5. The number of nitrogens with one attached hydrogen (secondary N) is 1. The molecular formula is C23H27F3N4O2. The van der Waals surface area contributed by atoms with E-state index in [-0.39, 0.29) is 23.1 Å². The third-order valence-electron chi connectivity index (χ3n) is 5.97. The molecule has 1 saturated heterocycles. The highest BCUT2D eigenvalue weighted by molar-refractivity contribution is 6.00. The van der Waals surface area contributed by atoms with Gasteiger partial charge in [-0.15, -0.1) is 0 Å². The van der Waals surface area contributed by atoms with Crippen molar-refractivity contribution >= 4 is 11.8 Å². The lowest BCUT2D eigenvalue weighted by molar-refractivity contribution is -0.137. The first kappa shape index (κ1) is 23.7. The number of rotatable bonds is 5. The monoisotopic (exact) mass is 448 g/mol. The standard InChI is InChI=1S/C23H27F3N4O2/c1-5-30(4)21(32)22(3)9-8-18(29-22)19-11-14(10-13(2)28-19)17-12-15(23(24,25)26)6-7-16(17)20(27)31/h6-7,10-12,18,29H,5,8-9H2,1-4H3,(H2,27,31)/t18-,22+/m0/s1. The van der Waals surface area contributed by atoms with Crippen LogP contribution < -0.4 is 11.1 Å². The second-order valence-corrected chi connectivity index (χ2v) is 8.43. The quantitative estimate of drug-likeness (QED) is 0.728. The van der Waals surface area contributed by atoms with Gasteiger partial charge in [-0.05, 0) is 75.1 Å².